The van der Waals surface area contributed by atoms with Crippen LogP contribution in [0.25, 0.3) is 0 Å². The summed E-state index contributed by atoms with van der Waals surface area (Å²) in [5.41, 5.74) is -2.05. The first-order valence-electron chi connectivity index (χ1n) is 7.39. The van der Waals surface area contributed by atoms with E-state index in [1.807, 2.05) is 0 Å². The minimum atomic E-state index is -4.63. The van der Waals surface area contributed by atoms with Gasteiger partial charge in [-0.05, 0) is 20.8 Å². The molecule has 2 heterocycles. The van der Waals surface area contributed by atoms with Crippen LogP contribution < -0.4 is 10.6 Å². The number of fused-ring (bicyclic) bond motifs is 2. The van der Waals surface area contributed by atoms with Crippen LogP contribution in [0.3, 0.4) is 0 Å². The van der Waals surface area contributed by atoms with Gasteiger partial charge >= 0.3 is 12.3 Å². The Balaban J connectivity index is 1.87. The zero-order valence-corrected chi connectivity index (χ0v) is 13.5. The van der Waals surface area contributed by atoms with Gasteiger partial charge in [0.1, 0.15) is 17.8 Å². The van der Waals surface area contributed by atoms with Gasteiger partial charge in [0.15, 0.2) is 0 Å². The standard InChI is InChI=1S/C15H19F3N2O4/c1-14(2,3)24-13(22)20-7-6-19-12(21)10-8-4-5-9(23-8)11(10)15(16,17)18/h4-5,8-9H,6-7H2,1-3H3,(H,19,21)(H,20,22)/t8-,9+/m0/s1. The number of rotatable bonds is 4. The summed E-state index contributed by atoms with van der Waals surface area (Å²) in [6.45, 7) is 5.08. The number of hydrogen-bond donors (Lipinski definition) is 2. The Hall–Kier alpha value is -2.03. The lowest BCUT2D eigenvalue weighted by molar-refractivity contribution is -0.119. The molecular formula is C15H19F3N2O4. The molecule has 0 radical (unpaired) electrons. The number of hydrogen-bond acceptors (Lipinski definition) is 4. The smallest absolute Gasteiger partial charge is 0.416 e. The summed E-state index contributed by atoms with van der Waals surface area (Å²) < 4.78 is 49.3. The van der Waals surface area contributed by atoms with Crippen molar-refractivity contribution in [3.63, 3.8) is 0 Å². The molecule has 0 aromatic heterocycles. The Morgan fingerprint density at radius 2 is 1.71 bits per heavy atom. The van der Waals surface area contributed by atoms with Gasteiger partial charge in [-0.3, -0.25) is 4.79 Å². The zero-order chi connectivity index (χ0) is 18.1. The van der Waals surface area contributed by atoms with Gasteiger partial charge in [-0.1, -0.05) is 12.2 Å². The van der Waals surface area contributed by atoms with E-state index in [2.05, 4.69) is 10.6 Å². The highest BCUT2D eigenvalue weighted by atomic mass is 19.4. The Labute approximate surface area is 137 Å². The van der Waals surface area contributed by atoms with Crippen molar-refractivity contribution in [2.24, 2.45) is 0 Å². The van der Waals surface area contributed by atoms with E-state index in [4.69, 9.17) is 9.47 Å². The summed E-state index contributed by atoms with van der Waals surface area (Å²) in [7, 11) is 0. The average Bonchev–Trinajstić information content (AvgIpc) is 3.00. The van der Waals surface area contributed by atoms with Crippen LogP contribution in [0, 0.1) is 0 Å². The molecule has 0 saturated heterocycles. The van der Waals surface area contributed by atoms with Crippen LogP contribution in [0.4, 0.5) is 18.0 Å². The van der Waals surface area contributed by atoms with E-state index < -0.39 is 47.1 Å². The molecule has 6 nitrogen and oxygen atoms in total. The van der Waals surface area contributed by atoms with E-state index in [9.17, 15) is 22.8 Å². The fraction of sp³-hybridized carbons (Fsp3) is 0.600. The highest BCUT2D eigenvalue weighted by Crippen LogP contribution is 2.43. The molecule has 2 atom stereocenters. The van der Waals surface area contributed by atoms with Gasteiger partial charge in [0.05, 0.1) is 11.1 Å². The normalized spacial score (nSPS) is 22.8. The third-order valence-corrected chi connectivity index (χ3v) is 3.24. The van der Waals surface area contributed by atoms with E-state index in [-0.39, 0.29) is 13.1 Å². The van der Waals surface area contributed by atoms with Crippen molar-refractivity contribution in [3.8, 4) is 0 Å². The Bertz CT molecular complexity index is 591. The van der Waals surface area contributed by atoms with Gasteiger partial charge in [0.25, 0.3) is 5.91 Å². The van der Waals surface area contributed by atoms with E-state index in [1.54, 1.807) is 20.8 Å². The summed E-state index contributed by atoms with van der Waals surface area (Å²) in [6.07, 6.45) is -4.80. The van der Waals surface area contributed by atoms with Crippen molar-refractivity contribution in [2.45, 2.75) is 44.8 Å². The van der Waals surface area contributed by atoms with Crippen LogP contribution in [0.1, 0.15) is 20.8 Å². The first kappa shape index (κ1) is 18.3. The molecule has 0 spiro atoms. The maximum Gasteiger partial charge on any atom is 0.416 e. The van der Waals surface area contributed by atoms with Gasteiger partial charge in [-0.15, -0.1) is 0 Å². The summed E-state index contributed by atoms with van der Waals surface area (Å²) in [4.78, 5) is 23.5. The molecule has 2 N–H and O–H groups in total. The third-order valence-electron chi connectivity index (χ3n) is 3.24. The number of carbonyl (C=O) groups is 2. The number of alkyl halides is 3. The predicted molar refractivity (Wildman–Crippen MR) is 78.1 cm³/mol. The van der Waals surface area contributed by atoms with E-state index in [0.717, 1.165) is 0 Å². The van der Waals surface area contributed by atoms with Crippen LogP contribution in [-0.2, 0) is 14.3 Å². The number of alkyl carbamates (subject to hydrolysis) is 1. The second-order valence-electron chi connectivity index (χ2n) is 6.37. The molecule has 2 aliphatic heterocycles. The number of amides is 2. The van der Waals surface area contributed by atoms with Gasteiger partial charge in [0, 0.05) is 13.1 Å². The highest BCUT2D eigenvalue weighted by molar-refractivity contribution is 5.97. The molecule has 0 fully saturated rings. The topological polar surface area (TPSA) is 76.7 Å². The lowest BCUT2D eigenvalue weighted by atomic mass is 9.96. The molecule has 134 valence electrons. The summed E-state index contributed by atoms with van der Waals surface area (Å²) in [5.74, 6) is -0.856. The lowest BCUT2D eigenvalue weighted by Gasteiger charge is -2.20. The number of halogens is 3. The molecule has 0 unspecified atom stereocenters. The average molecular weight is 348 g/mol. The SMILES string of the molecule is CC(C)(C)OC(=O)NCCNC(=O)C1=C(C(F)(F)F)[C@H]2C=C[C@@H]1O2. The quantitative estimate of drug-likeness (QED) is 0.600. The molecule has 2 rings (SSSR count). The van der Waals surface area contributed by atoms with Gasteiger partial charge in [-0.2, -0.15) is 13.2 Å². The van der Waals surface area contributed by atoms with E-state index in [1.165, 1.54) is 12.2 Å². The molecule has 2 bridgehead atoms. The van der Waals surface area contributed by atoms with Crippen LogP contribution in [0.15, 0.2) is 23.3 Å². The minimum absolute atomic E-state index is 0.0279. The number of carbonyl (C=O) groups excluding carboxylic acids is 2. The predicted octanol–water partition coefficient (Wildman–Crippen LogP) is 1.82. The fourth-order valence-corrected chi connectivity index (χ4v) is 2.40. The summed E-state index contributed by atoms with van der Waals surface area (Å²) >= 11 is 0. The van der Waals surface area contributed by atoms with E-state index >= 15 is 0 Å². The van der Waals surface area contributed by atoms with Crippen LogP contribution in [0.5, 0.6) is 0 Å². The summed E-state index contributed by atoms with van der Waals surface area (Å²) in [5, 5.41) is 4.75. The second kappa shape index (κ2) is 6.46. The molecule has 0 aromatic rings. The first-order valence-corrected chi connectivity index (χ1v) is 7.39. The molecule has 9 heteroatoms. The van der Waals surface area contributed by atoms with Crippen molar-refractivity contribution in [2.75, 3.05) is 13.1 Å². The minimum Gasteiger partial charge on any atom is -0.444 e. The highest BCUT2D eigenvalue weighted by Gasteiger charge is 2.51. The molecule has 0 saturated carbocycles. The number of ether oxygens (including phenoxy) is 2. The van der Waals surface area contributed by atoms with Crippen molar-refractivity contribution >= 4 is 12.0 Å². The monoisotopic (exact) mass is 348 g/mol. The Morgan fingerprint density at radius 1 is 1.12 bits per heavy atom. The van der Waals surface area contributed by atoms with Gasteiger partial charge < -0.3 is 20.1 Å². The molecule has 0 aromatic carbocycles. The maximum absolute atomic E-state index is 13.1. The molecule has 24 heavy (non-hydrogen) atoms. The van der Waals surface area contributed by atoms with Crippen LogP contribution in [0.2, 0.25) is 0 Å². The van der Waals surface area contributed by atoms with Crippen LogP contribution in [-0.4, -0.2) is 49.1 Å². The first-order chi connectivity index (χ1) is 11.0. The third kappa shape index (κ3) is 4.28. The van der Waals surface area contributed by atoms with Crippen LogP contribution >= 0.6 is 0 Å². The van der Waals surface area contributed by atoms with Crippen molar-refractivity contribution in [1.82, 2.24) is 10.6 Å². The largest absolute Gasteiger partial charge is 0.444 e. The molecular weight excluding hydrogens is 329 g/mol. The van der Waals surface area contributed by atoms with E-state index in [0.29, 0.717) is 0 Å². The Kier molecular flexibility index (Phi) is 4.93. The van der Waals surface area contributed by atoms with Crippen molar-refractivity contribution < 1.29 is 32.2 Å². The molecule has 2 amide bonds. The Morgan fingerprint density at radius 3 is 2.29 bits per heavy atom. The second-order valence-corrected chi connectivity index (χ2v) is 6.37. The van der Waals surface area contributed by atoms with Gasteiger partial charge in [0.2, 0.25) is 0 Å². The fourth-order valence-electron chi connectivity index (χ4n) is 2.40. The number of nitrogens with one attached hydrogen (secondary N) is 2. The molecule has 2 aliphatic rings. The lowest BCUT2D eigenvalue weighted by Crippen LogP contribution is -2.39. The summed E-state index contributed by atoms with van der Waals surface area (Å²) in [6, 6.07) is 0. The van der Waals surface area contributed by atoms with Crippen molar-refractivity contribution in [1.29, 1.82) is 0 Å². The van der Waals surface area contributed by atoms with Gasteiger partial charge in [-0.25, -0.2) is 4.79 Å². The maximum atomic E-state index is 13.1. The van der Waals surface area contributed by atoms with Crippen molar-refractivity contribution in [3.05, 3.63) is 23.3 Å². The zero-order valence-electron chi connectivity index (χ0n) is 13.5. The molecule has 0 aliphatic carbocycles.